The molecule has 18 heavy (non-hydrogen) atoms. The molecule has 2 aromatic rings. The topological polar surface area (TPSA) is 68.8 Å². The molecular weight excluding hydrogens is 273 g/mol. The maximum absolute atomic E-state index is 6.15. The van der Waals surface area contributed by atoms with E-state index in [9.17, 15) is 0 Å². The molecule has 1 atom stereocenters. The highest BCUT2D eigenvalue weighted by Crippen LogP contribution is 2.30. The van der Waals surface area contributed by atoms with Crippen molar-refractivity contribution in [2.75, 3.05) is 0 Å². The molecule has 0 aromatic carbocycles. The monoisotopic (exact) mass is 285 g/mol. The number of rotatable bonds is 4. The quantitative estimate of drug-likeness (QED) is 0.667. The molecule has 0 saturated carbocycles. The predicted octanol–water partition coefficient (Wildman–Crippen LogP) is 2.16. The summed E-state index contributed by atoms with van der Waals surface area (Å²) < 4.78 is 1.76. The van der Waals surface area contributed by atoms with Gasteiger partial charge in [-0.25, -0.2) is 5.43 Å². The van der Waals surface area contributed by atoms with Crippen LogP contribution in [0.25, 0.3) is 0 Å². The Balaban J connectivity index is 2.52. The van der Waals surface area contributed by atoms with Crippen LogP contribution in [0.1, 0.15) is 24.4 Å². The van der Waals surface area contributed by atoms with Crippen LogP contribution >= 0.6 is 23.2 Å². The first-order valence-electron chi connectivity index (χ1n) is 5.46. The van der Waals surface area contributed by atoms with E-state index in [1.54, 1.807) is 29.2 Å². The first-order valence-corrected chi connectivity index (χ1v) is 6.22. The second-order valence-corrected chi connectivity index (χ2v) is 4.48. The Bertz CT molecular complexity index is 540. The van der Waals surface area contributed by atoms with E-state index < -0.39 is 6.04 Å². The van der Waals surface area contributed by atoms with E-state index in [4.69, 9.17) is 29.0 Å². The van der Waals surface area contributed by atoms with Gasteiger partial charge in [-0.15, -0.1) is 0 Å². The highest BCUT2D eigenvalue weighted by atomic mass is 35.5. The molecule has 3 N–H and O–H groups in total. The highest BCUT2D eigenvalue weighted by Gasteiger charge is 2.23. The summed E-state index contributed by atoms with van der Waals surface area (Å²) in [5, 5.41) is 5.23. The Morgan fingerprint density at radius 2 is 2.22 bits per heavy atom. The van der Waals surface area contributed by atoms with Crippen LogP contribution in [0, 0.1) is 0 Å². The van der Waals surface area contributed by atoms with Crippen LogP contribution in [0.2, 0.25) is 10.0 Å². The van der Waals surface area contributed by atoms with Crippen molar-refractivity contribution in [3.8, 4) is 0 Å². The van der Waals surface area contributed by atoms with Crippen molar-refractivity contribution in [3.05, 3.63) is 46.0 Å². The first-order chi connectivity index (χ1) is 8.69. The molecule has 0 aliphatic carbocycles. The van der Waals surface area contributed by atoms with Crippen LogP contribution in [-0.4, -0.2) is 14.8 Å². The van der Waals surface area contributed by atoms with Crippen LogP contribution in [0.4, 0.5) is 0 Å². The maximum Gasteiger partial charge on any atom is 0.108 e. The molecule has 0 bridgehead atoms. The zero-order valence-corrected chi connectivity index (χ0v) is 11.3. The van der Waals surface area contributed by atoms with E-state index in [1.807, 2.05) is 6.92 Å². The molecule has 0 amide bonds. The number of nitrogens with one attached hydrogen (secondary N) is 1. The second kappa shape index (κ2) is 5.67. The van der Waals surface area contributed by atoms with Crippen molar-refractivity contribution in [1.82, 2.24) is 20.2 Å². The molecule has 7 heteroatoms. The van der Waals surface area contributed by atoms with Gasteiger partial charge in [0.1, 0.15) is 6.04 Å². The molecule has 0 aliphatic rings. The second-order valence-electron chi connectivity index (χ2n) is 3.66. The number of aryl methyl sites for hydroxylation is 1. The lowest BCUT2D eigenvalue weighted by Crippen LogP contribution is -2.31. The third-order valence-electron chi connectivity index (χ3n) is 2.63. The fourth-order valence-electron chi connectivity index (χ4n) is 1.81. The van der Waals surface area contributed by atoms with Crippen molar-refractivity contribution in [1.29, 1.82) is 0 Å². The van der Waals surface area contributed by atoms with Gasteiger partial charge in [-0.05, 0) is 19.1 Å². The number of hydrazine groups is 1. The van der Waals surface area contributed by atoms with E-state index in [2.05, 4.69) is 15.5 Å². The van der Waals surface area contributed by atoms with Crippen molar-refractivity contribution in [3.63, 3.8) is 0 Å². The van der Waals surface area contributed by atoms with Gasteiger partial charge in [0.15, 0.2) is 0 Å². The summed E-state index contributed by atoms with van der Waals surface area (Å²) in [6, 6.07) is 3.13. The number of nitrogens with zero attached hydrogens (tertiary/aromatic N) is 3. The van der Waals surface area contributed by atoms with Crippen LogP contribution in [0.3, 0.4) is 0 Å². The molecule has 0 spiro atoms. The van der Waals surface area contributed by atoms with Gasteiger partial charge in [-0.1, -0.05) is 23.2 Å². The minimum Gasteiger partial charge on any atom is -0.270 e. The third-order valence-corrected chi connectivity index (χ3v) is 3.24. The Kier molecular flexibility index (Phi) is 4.19. The van der Waals surface area contributed by atoms with E-state index >= 15 is 0 Å². The van der Waals surface area contributed by atoms with Gasteiger partial charge in [0.2, 0.25) is 0 Å². The Morgan fingerprint density at radius 1 is 1.44 bits per heavy atom. The zero-order chi connectivity index (χ0) is 13.1. The molecule has 0 fully saturated rings. The van der Waals surface area contributed by atoms with E-state index in [0.29, 0.717) is 22.3 Å². The Hall–Kier alpha value is -1.14. The summed E-state index contributed by atoms with van der Waals surface area (Å²) in [4.78, 5) is 4.25. The average Bonchev–Trinajstić information content (AvgIpc) is 2.74. The number of nitrogens with two attached hydrogens (primary N) is 1. The summed E-state index contributed by atoms with van der Waals surface area (Å²) in [5.74, 6) is 5.61. The van der Waals surface area contributed by atoms with Crippen LogP contribution < -0.4 is 11.3 Å². The SMILES string of the molecule is CCn1ncc(Cl)c1C(NN)c1ncccc1Cl. The van der Waals surface area contributed by atoms with E-state index in [1.165, 1.54) is 0 Å². The minimum atomic E-state index is -0.395. The van der Waals surface area contributed by atoms with Crippen molar-refractivity contribution < 1.29 is 0 Å². The molecule has 2 rings (SSSR count). The lowest BCUT2D eigenvalue weighted by Gasteiger charge is -2.18. The summed E-state index contributed by atoms with van der Waals surface area (Å²) >= 11 is 12.3. The summed E-state index contributed by atoms with van der Waals surface area (Å²) in [5.41, 5.74) is 4.06. The van der Waals surface area contributed by atoms with E-state index in [0.717, 1.165) is 5.69 Å². The molecule has 1 unspecified atom stereocenters. The van der Waals surface area contributed by atoms with Crippen molar-refractivity contribution in [2.45, 2.75) is 19.5 Å². The first kappa shape index (κ1) is 13.3. The lowest BCUT2D eigenvalue weighted by atomic mass is 10.1. The normalized spacial score (nSPS) is 12.7. The van der Waals surface area contributed by atoms with Gasteiger partial charge in [0.05, 0.1) is 27.6 Å². The third kappa shape index (κ3) is 2.35. The summed E-state index contributed by atoms with van der Waals surface area (Å²) in [6.07, 6.45) is 3.24. The lowest BCUT2D eigenvalue weighted by molar-refractivity contribution is 0.536. The average molecular weight is 286 g/mol. The predicted molar refractivity (Wildman–Crippen MR) is 71.3 cm³/mol. The fraction of sp³-hybridized carbons (Fsp3) is 0.273. The number of halogens is 2. The molecule has 96 valence electrons. The molecular formula is C11H13Cl2N5. The van der Waals surface area contributed by atoms with Crippen LogP contribution in [0.15, 0.2) is 24.5 Å². The number of aromatic nitrogens is 3. The van der Waals surface area contributed by atoms with Gasteiger partial charge in [-0.2, -0.15) is 5.10 Å². The Labute approximate surface area is 115 Å². The Morgan fingerprint density at radius 3 is 2.83 bits per heavy atom. The van der Waals surface area contributed by atoms with Crippen molar-refractivity contribution >= 4 is 23.2 Å². The molecule has 2 aromatic heterocycles. The molecule has 0 saturated heterocycles. The number of hydrogen-bond acceptors (Lipinski definition) is 4. The molecule has 0 radical (unpaired) electrons. The summed E-state index contributed by atoms with van der Waals surface area (Å²) in [6.45, 7) is 2.66. The zero-order valence-electron chi connectivity index (χ0n) is 9.77. The smallest absolute Gasteiger partial charge is 0.108 e. The molecule has 5 nitrogen and oxygen atoms in total. The number of pyridine rings is 1. The highest BCUT2D eigenvalue weighted by molar-refractivity contribution is 6.32. The van der Waals surface area contributed by atoms with Crippen LogP contribution in [-0.2, 0) is 6.54 Å². The van der Waals surface area contributed by atoms with Gasteiger partial charge in [-0.3, -0.25) is 15.5 Å². The molecule has 2 heterocycles. The van der Waals surface area contributed by atoms with E-state index in [-0.39, 0.29) is 0 Å². The van der Waals surface area contributed by atoms with Crippen molar-refractivity contribution in [2.24, 2.45) is 5.84 Å². The van der Waals surface area contributed by atoms with Gasteiger partial charge >= 0.3 is 0 Å². The van der Waals surface area contributed by atoms with Gasteiger partial charge < -0.3 is 0 Å². The molecule has 0 aliphatic heterocycles. The fourth-order valence-corrected chi connectivity index (χ4v) is 2.29. The summed E-state index contributed by atoms with van der Waals surface area (Å²) in [7, 11) is 0. The standard InChI is InChI=1S/C11H13Cl2N5/c1-2-18-11(8(13)6-16-18)10(17-14)9-7(12)4-3-5-15-9/h3-6,10,17H,2,14H2,1H3. The van der Waals surface area contributed by atoms with Gasteiger partial charge in [0, 0.05) is 12.7 Å². The number of hydrogen-bond donors (Lipinski definition) is 2. The van der Waals surface area contributed by atoms with Crippen LogP contribution in [0.5, 0.6) is 0 Å². The maximum atomic E-state index is 6.15. The largest absolute Gasteiger partial charge is 0.270 e. The van der Waals surface area contributed by atoms with Gasteiger partial charge in [0.25, 0.3) is 0 Å². The minimum absolute atomic E-state index is 0.395.